The Morgan fingerprint density at radius 2 is 2.03 bits per heavy atom. The molecule has 0 spiro atoms. The van der Waals surface area contributed by atoms with E-state index in [1.807, 2.05) is 24.3 Å². The summed E-state index contributed by atoms with van der Waals surface area (Å²) in [5.74, 6) is 0.233. The standard InChI is InChI=1S/C20H18BrFN4O2S/c21-19-10-14(11-22)4-5-18(19)17-3-1-2-15-12-26(9-7-16(15)17)29(27,28)25-20-6-8-23-13-24-20/h1-6,8,10,13H,7,9,11-12H2,(H,23,24,25). The normalized spacial score (nSPS) is 14.4. The Kier molecular flexibility index (Phi) is 5.62. The molecule has 0 unspecified atom stereocenters. The molecule has 0 saturated carbocycles. The first-order chi connectivity index (χ1) is 14.0. The van der Waals surface area contributed by atoms with Crippen molar-refractivity contribution in [3.63, 3.8) is 0 Å². The molecule has 2 aromatic carbocycles. The molecule has 0 bridgehead atoms. The van der Waals surface area contributed by atoms with Gasteiger partial charge >= 0.3 is 10.2 Å². The molecule has 29 heavy (non-hydrogen) atoms. The Bertz CT molecular complexity index is 1140. The van der Waals surface area contributed by atoms with Crippen molar-refractivity contribution in [2.75, 3.05) is 11.3 Å². The summed E-state index contributed by atoms with van der Waals surface area (Å²) in [5, 5.41) is 0. The SMILES string of the molecule is O=S(=O)(Nc1ccncn1)N1CCc2c(cccc2-c2ccc(CF)cc2Br)C1. The zero-order chi connectivity index (χ0) is 20.4. The molecule has 9 heteroatoms. The summed E-state index contributed by atoms with van der Waals surface area (Å²) in [6.45, 7) is 0.103. The van der Waals surface area contributed by atoms with Crippen LogP contribution < -0.4 is 4.72 Å². The van der Waals surface area contributed by atoms with E-state index in [-0.39, 0.29) is 12.4 Å². The van der Waals surface area contributed by atoms with Crippen molar-refractivity contribution in [3.8, 4) is 11.1 Å². The van der Waals surface area contributed by atoms with Gasteiger partial charge in [-0.25, -0.2) is 14.4 Å². The van der Waals surface area contributed by atoms with Gasteiger partial charge in [-0.05, 0) is 46.4 Å². The first-order valence-electron chi connectivity index (χ1n) is 8.97. The van der Waals surface area contributed by atoms with Gasteiger partial charge < -0.3 is 0 Å². The highest BCUT2D eigenvalue weighted by atomic mass is 79.9. The zero-order valence-corrected chi connectivity index (χ0v) is 17.7. The summed E-state index contributed by atoms with van der Waals surface area (Å²) >= 11 is 3.54. The summed E-state index contributed by atoms with van der Waals surface area (Å²) in [6.07, 6.45) is 3.35. The topological polar surface area (TPSA) is 75.2 Å². The molecule has 0 atom stereocenters. The van der Waals surface area contributed by atoms with Gasteiger partial charge in [0.15, 0.2) is 0 Å². The predicted octanol–water partition coefficient (Wildman–Crippen LogP) is 4.09. The van der Waals surface area contributed by atoms with E-state index >= 15 is 0 Å². The summed E-state index contributed by atoms with van der Waals surface area (Å²) in [4.78, 5) is 7.71. The van der Waals surface area contributed by atoms with Gasteiger partial charge in [-0.15, -0.1) is 0 Å². The molecular weight excluding hydrogens is 459 g/mol. The number of alkyl halides is 1. The molecule has 0 fully saturated rings. The van der Waals surface area contributed by atoms with E-state index in [1.165, 1.54) is 22.9 Å². The van der Waals surface area contributed by atoms with Gasteiger partial charge in [0.25, 0.3) is 0 Å². The van der Waals surface area contributed by atoms with Gasteiger partial charge in [-0.2, -0.15) is 12.7 Å². The van der Waals surface area contributed by atoms with Gasteiger partial charge in [-0.3, -0.25) is 4.72 Å². The summed E-state index contributed by atoms with van der Waals surface area (Å²) in [7, 11) is -3.73. The lowest BCUT2D eigenvalue weighted by Gasteiger charge is -2.29. The smallest absolute Gasteiger partial charge is 0.254 e. The number of nitrogens with one attached hydrogen (secondary N) is 1. The number of fused-ring (bicyclic) bond motifs is 1. The van der Waals surface area contributed by atoms with Crippen molar-refractivity contribution >= 4 is 32.0 Å². The average Bonchev–Trinajstić information content (AvgIpc) is 2.73. The summed E-state index contributed by atoms with van der Waals surface area (Å²) in [6, 6.07) is 12.8. The van der Waals surface area contributed by atoms with Crippen LogP contribution in [0.1, 0.15) is 16.7 Å². The lowest BCUT2D eigenvalue weighted by molar-refractivity contribution is 0.395. The minimum Gasteiger partial charge on any atom is -0.254 e. The van der Waals surface area contributed by atoms with Crippen LogP contribution >= 0.6 is 15.9 Å². The number of hydrogen-bond donors (Lipinski definition) is 1. The van der Waals surface area contributed by atoms with E-state index in [0.29, 0.717) is 18.5 Å². The molecule has 0 radical (unpaired) electrons. The second-order valence-electron chi connectivity index (χ2n) is 6.68. The van der Waals surface area contributed by atoms with Gasteiger partial charge in [0.1, 0.15) is 18.8 Å². The third kappa shape index (κ3) is 4.17. The highest BCUT2D eigenvalue weighted by Gasteiger charge is 2.28. The number of benzene rings is 2. The Hall–Kier alpha value is -2.36. The molecule has 6 nitrogen and oxygen atoms in total. The zero-order valence-electron chi connectivity index (χ0n) is 15.3. The van der Waals surface area contributed by atoms with Crippen LogP contribution in [0.25, 0.3) is 11.1 Å². The van der Waals surface area contributed by atoms with Crippen LogP contribution in [0.5, 0.6) is 0 Å². The van der Waals surface area contributed by atoms with Crippen molar-refractivity contribution in [1.29, 1.82) is 0 Å². The van der Waals surface area contributed by atoms with Gasteiger partial charge in [-0.1, -0.05) is 46.3 Å². The molecule has 1 N–H and O–H groups in total. The fourth-order valence-electron chi connectivity index (χ4n) is 3.45. The minimum atomic E-state index is -3.73. The number of aromatic nitrogens is 2. The van der Waals surface area contributed by atoms with Crippen molar-refractivity contribution < 1.29 is 12.8 Å². The van der Waals surface area contributed by atoms with E-state index in [1.54, 1.807) is 12.1 Å². The van der Waals surface area contributed by atoms with Crippen LogP contribution in [0.2, 0.25) is 0 Å². The number of nitrogens with zero attached hydrogens (tertiary/aromatic N) is 3. The monoisotopic (exact) mass is 476 g/mol. The lowest BCUT2D eigenvalue weighted by Crippen LogP contribution is -2.39. The highest BCUT2D eigenvalue weighted by molar-refractivity contribution is 9.10. The predicted molar refractivity (Wildman–Crippen MR) is 113 cm³/mol. The molecule has 150 valence electrons. The quantitative estimate of drug-likeness (QED) is 0.601. The summed E-state index contributed by atoms with van der Waals surface area (Å²) < 4.78 is 43.2. The first kappa shape index (κ1) is 19.9. The van der Waals surface area contributed by atoms with Crippen LogP contribution in [-0.2, 0) is 29.8 Å². The fraction of sp³-hybridized carbons (Fsp3) is 0.200. The lowest BCUT2D eigenvalue weighted by atomic mass is 9.91. The number of anilines is 1. The number of hydrogen-bond acceptors (Lipinski definition) is 4. The molecule has 3 aromatic rings. The van der Waals surface area contributed by atoms with E-state index < -0.39 is 16.9 Å². The number of halogens is 2. The first-order valence-corrected chi connectivity index (χ1v) is 11.2. The molecule has 0 aliphatic carbocycles. The van der Waals surface area contributed by atoms with Crippen molar-refractivity contribution in [1.82, 2.24) is 14.3 Å². The molecule has 1 aliphatic heterocycles. The van der Waals surface area contributed by atoms with Gasteiger partial charge in [0, 0.05) is 23.8 Å². The van der Waals surface area contributed by atoms with Crippen LogP contribution in [0.15, 0.2) is 59.5 Å². The molecule has 0 amide bonds. The Balaban J connectivity index is 1.62. The maximum absolute atomic E-state index is 12.9. The van der Waals surface area contributed by atoms with Crippen molar-refractivity contribution in [3.05, 3.63) is 76.2 Å². The Labute approximate surface area is 177 Å². The molecule has 4 rings (SSSR count). The molecular formula is C20H18BrFN4O2S. The Morgan fingerprint density at radius 1 is 1.17 bits per heavy atom. The molecule has 2 heterocycles. The van der Waals surface area contributed by atoms with E-state index in [2.05, 4.69) is 30.6 Å². The van der Waals surface area contributed by atoms with Crippen molar-refractivity contribution in [2.45, 2.75) is 19.6 Å². The maximum Gasteiger partial charge on any atom is 0.303 e. The van der Waals surface area contributed by atoms with E-state index in [4.69, 9.17) is 0 Å². The second kappa shape index (κ2) is 8.17. The van der Waals surface area contributed by atoms with Crippen LogP contribution in [0.4, 0.5) is 10.2 Å². The average molecular weight is 477 g/mol. The molecule has 0 saturated heterocycles. The summed E-state index contributed by atoms with van der Waals surface area (Å²) in [5.41, 5.74) is 4.66. The second-order valence-corrected chi connectivity index (χ2v) is 9.20. The van der Waals surface area contributed by atoms with Crippen LogP contribution in [-0.4, -0.2) is 29.2 Å². The number of rotatable bonds is 5. The van der Waals surface area contributed by atoms with Gasteiger partial charge in [0.2, 0.25) is 0 Å². The third-order valence-corrected chi connectivity index (χ3v) is 6.98. The highest BCUT2D eigenvalue weighted by Crippen LogP contribution is 2.35. The Morgan fingerprint density at radius 3 is 2.76 bits per heavy atom. The minimum absolute atomic E-state index is 0.233. The van der Waals surface area contributed by atoms with E-state index in [9.17, 15) is 12.8 Å². The fourth-order valence-corrected chi connectivity index (χ4v) is 5.24. The van der Waals surface area contributed by atoms with Gasteiger partial charge in [0.05, 0.1) is 0 Å². The molecule has 1 aliphatic rings. The van der Waals surface area contributed by atoms with E-state index in [0.717, 1.165) is 26.7 Å². The largest absolute Gasteiger partial charge is 0.303 e. The van der Waals surface area contributed by atoms with Crippen LogP contribution in [0, 0.1) is 0 Å². The molecule has 1 aromatic heterocycles. The van der Waals surface area contributed by atoms with Crippen molar-refractivity contribution in [2.24, 2.45) is 0 Å². The van der Waals surface area contributed by atoms with Crippen LogP contribution in [0.3, 0.4) is 0 Å². The maximum atomic E-state index is 12.9. The third-order valence-electron chi connectivity index (χ3n) is 4.86.